The van der Waals surface area contributed by atoms with Crippen LogP contribution in [0.2, 0.25) is 0 Å². The predicted molar refractivity (Wildman–Crippen MR) is 114 cm³/mol. The Labute approximate surface area is 168 Å². The van der Waals surface area contributed by atoms with E-state index in [1.165, 1.54) is 11.1 Å². The van der Waals surface area contributed by atoms with Crippen molar-refractivity contribution in [2.75, 3.05) is 21.3 Å². The van der Waals surface area contributed by atoms with Gasteiger partial charge in [-0.2, -0.15) is 5.10 Å². The molecule has 3 aromatic rings. The van der Waals surface area contributed by atoms with Crippen LogP contribution in [-0.4, -0.2) is 31.7 Å². The summed E-state index contributed by atoms with van der Waals surface area (Å²) in [5, 5.41) is 7.12. The molecule has 0 radical (unpaired) electrons. The molecule has 4 rings (SSSR count). The van der Waals surface area contributed by atoms with Gasteiger partial charge in [0.05, 0.1) is 25.6 Å². The molecular weight excluding hydrogens is 370 g/mol. The molecule has 0 unspecified atom stereocenters. The Hall–Kier alpha value is -2.86. The zero-order valence-corrected chi connectivity index (χ0v) is 17.1. The first-order chi connectivity index (χ1) is 13.7. The van der Waals surface area contributed by atoms with Crippen molar-refractivity contribution in [1.82, 2.24) is 4.68 Å². The van der Waals surface area contributed by atoms with Crippen molar-refractivity contribution < 1.29 is 9.47 Å². The zero-order valence-electron chi connectivity index (χ0n) is 16.3. The summed E-state index contributed by atoms with van der Waals surface area (Å²) in [4.78, 5) is 5.28. The summed E-state index contributed by atoms with van der Waals surface area (Å²) in [6.07, 6.45) is 3.17. The lowest BCUT2D eigenvalue weighted by atomic mass is 9.90. The Balaban J connectivity index is 1.91. The van der Waals surface area contributed by atoms with Crippen LogP contribution >= 0.6 is 11.3 Å². The molecule has 6 heteroatoms. The maximum absolute atomic E-state index is 5.60. The maximum atomic E-state index is 5.60. The molecule has 0 amide bonds. The zero-order chi connectivity index (χ0) is 19.5. The standard InChI is InChI=1S/C22H23N3O2S/c1-23-22-25(24-19-10-6-8-15-7-4-5-9-17(15)19)20(14-28-22)18-13-16(26-2)11-12-21(18)27-3/h4-5,7,9,11-14H,6,8,10H2,1-3H3. The lowest BCUT2D eigenvalue weighted by Gasteiger charge is -2.18. The molecule has 0 bridgehead atoms. The van der Waals surface area contributed by atoms with Gasteiger partial charge in [0, 0.05) is 23.6 Å². The molecule has 1 heterocycles. The fourth-order valence-electron chi connectivity index (χ4n) is 3.57. The van der Waals surface area contributed by atoms with E-state index < -0.39 is 0 Å². The molecule has 0 saturated carbocycles. The third-order valence-electron chi connectivity index (χ3n) is 4.97. The molecular formula is C22H23N3O2S. The maximum Gasteiger partial charge on any atom is 0.205 e. The summed E-state index contributed by atoms with van der Waals surface area (Å²) < 4.78 is 13.0. The van der Waals surface area contributed by atoms with Gasteiger partial charge in [0.1, 0.15) is 11.5 Å². The fourth-order valence-corrected chi connectivity index (χ4v) is 4.36. The Kier molecular flexibility index (Phi) is 5.30. The number of benzene rings is 2. The second-order valence-corrected chi connectivity index (χ2v) is 7.40. The van der Waals surface area contributed by atoms with Gasteiger partial charge in [-0.1, -0.05) is 24.3 Å². The van der Waals surface area contributed by atoms with Gasteiger partial charge in [-0.25, -0.2) is 4.68 Å². The van der Waals surface area contributed by atoms with Gasteiger partial charge in [-0.15, -0.1) is 11.3 Å². The van der Waals surface area contributed by atoms with Gasteiger partial charge in [0.25, 0.3) is 0 Å². The van der Waals surface area contributed by atoms with E-state index in [1.807, 2.05) is 22.9 Å². The van der Waals surface area contributed by atoms with Crippen molar-refractivity contribution in [3.05, 3.63) is 63.8 Å². The summed E-state index contributed by atoms with van der Waals surface area (Å²) in [6, 6.07) is 14.3. The van der Waals surface area contributed by atoms with Crippen LogP contribution in [0.4, 0.5) is 0 Å². The second kappa shape index (κ2) is 8.02. The highest BCUT2D eigenvalue weighted by atomic mass is 32.1. The lowest BCUT2D eigenvalue weighted by molar-refractivity contribution is 0.404. The topological polar surface area (TPSA) is 48.1 Å². The molecule has 0 saturated heterocycles. The minimum Gasteiger partial charge on any atom is -0.497 e. The number of hydrogen-bond donors (Lipinski definition) is 0. The molecule has 28 heavy (non-hydrogen) atoms. The molecule has 0 aliphatic heterocycles. The van der Waals surface area contributed by atoms with Crippen LogP contribution < -0.4 is 14.3 Å². The van der Waals surface area contributed by atoms with Gasteiger partial charge < -0.3 is 9.47 Å². The number of methoxy groups -OCH3 is 2. The van der Waals surface area contributed by atoms with Crippen molar-refractivity contribution in [3.63, 3.8) is 0 Å². The third-order valence-corrected chi connectivity index (χ3v) is 5.88. The highest BCUT2D eigenvalue weighted by Gasteiger charge is 2.18. The van der Waals surface area contributed by atoms with Crippen LogP contribution in [0.1, 0.15) is 24.0 Å². The first-order valence-corrected chi connectivity index (χ1v) is 10.1. The van der Waals surface area contributed by atoms with Gasteiger partial charge in [0.15, 0.2) is 0 Å². The Morgan fingerprint density at radius 1 is 1.00 bits per heavy atom. The number of thiazole rings is 1. The quantitative estimate of drug-likeness (QED) is 0.661. The van der Waals surface area contributed by atoms with E-state index in [4.69, 9.17) is 14.6 Å². The average molecular weight is 394 g/mol. The summed E-state index contributed by atoms with van der Waals surface area (Å²) >= 11 is 1.57. The van der Waals surface area contributed by atoms with E-state index in [0.717, 1.165) is 52.5 Å². The highest BCUT2D eigenvalue weighted by molar-refractivity contribution is 7.07. The first-order valence-electron chi connectivity index (χ1n) is 9.27. The molecule has 2 aromatic carbocycles. The van der Waals surface area contributed by atoms with Crippen molar-refractivity contribution in [1.29, 1.82) is 0 Å². The molecule has 1 aromatic heterocycles. The molecule has 0 N–H and O–H groups in total. The SMILES string of the molecule is CN=c1scc(-c2cc(OC)ccc2OC)n1N=C1CCCc2ccccc21. The highest BCUT2D eigenvalue weighted by Crippen LogP contribution is 2.34. The van der Waals surface area contributed by atoms with Crippen LogP contribution in [0.3, 0.4) is 0 Å². The van der Waals surface area contributed by atoms with Gasteiger partial charge >= 0.3 is 0 Å². The number of ether oxygens (including phenoxy) is 2. The molecule has 5 nitrogen and oxygen atoms in total. The molecule has 0 atom stereocenters. The van der Waals surface area contributed by atoms with Crippen LogP contribution in [-0.2, 0) is 6.42 Å². The normalized spacial score (nSPS) is 15.5. The van der Waals surface area contributed by atoms with Crippen molar-refractivity contribution in [3.8, 4) is 22.8 Å². The summed E-state index contributed by atoms with van der Waals surface area (Å²) in [5.41, 5.74) is 5.56. The van der Waals surface area contributed by atoms with Crippen molar-refractivity contribution in [2.45, 2.75) is 19.3 Å². The molecule has 144 valence electrons. The molecule has 1 aliphatic carbocycles. The smallest absolute Gasteiger partial charge is 0.205 e. The molecule has 0 fully saturated rings. The number of fused-ring (bicyclic) bond motifs is 1. The Bertz CT molecular complexity index is 1100. The minimum absolute atomic E-state index is 0.777. The van der Waals surface area contributed by atoms with E-state index >= 15 is 0 Å². The van der Waals surface area contributed by atoms with E-state index in [-0.39, 0.29) is 0 Å². The minimum atomic E-state index is 0.777. The average Bonchev–Trinajstić information content (AvgIpc) is 3.16. The van der Waals surface area contributed by atoms with Gasteiger partial charge in [-0.3, -0.25) is 4.99 Å². The summed E-state index contributed by atoms with van der Waals surface area (Å²) in [6.45, 7) is 0. The third kappa shape index (κ3) is 3.36. The predicted octanol–water partition coefficient (Wildman–Crippen LogP) is 4.35. The van der Waals surface area contributed by atoms with E-state index in [9.17, 15) is 0 Å². The lowest BCUT2D eigenvalue weighted by Crippen LogP contribution is -2.18. The Morgan fingerprint density at radius 2 is 1.86 bits per heavy atom. The number of rotatable bonds is 4. The number of nitrogens with zero attached hydrogens (tertiary/aromatic N) is 3. The van der Waals surface area contributed by atoms with E-state index in [2.05, 4.69) is 34.6 Å². The monoisotopic (exact) mass is 393 g/mol. The first kappa shape index (κ1) is 18.5. The van der Waals surface area contributed by atoms with Crippen LogP contribution in [0, 0.1) is 0 Å². The largest absolute Gasteiger partial charge is 0.497 e. The fraction of sp³-hybridized carbons (Fsp3) is 0.273. The molecule has 0 spiro atoms. The van der Waals surface area contributed by atoms with Gasteiger partial charge in [-0.05, 0) is 43.0 Å². The summed E-state index contributed by atoms with van der Waals surface area (Å²) in [5.74, 6) is 1.55. The summed E-state index contributed by atoms with van der Waals surface area (Å²) in [7, 11) is 5.14. The molecule has 1 aliphatic rings. The number of aryl methyl sites for hydroxylation is 1. The van der Waals surface area contributed by atoms with E-state index in [0.29, 0.717) is 0 Å². The van der Waals surface area contributed by atoms with Crippen LogP contribution in [0.5, 0.6) is 11.5 Å². The number of hydrogen-bond acceptors (Lipinski definition) is 5. The van der Waals surface area contributed by atoms with Gasteiger partial charge in [0.2, 0.25) is 4.80 Å². The van der Waals surface area contributed by atoms with E-state index in [1.54, 1.807) is 32.6 Å². The van der Waals surface area contributed by atoms with Crippen LogP contribution in [0.15, 0.2) is 57.9 Å². The van der Waals surface area contributed by atoms with Crippen LogP contribution in [0.25, 0.3) is 11.3 Å². The second-order valence-electron chi connectivity index (χ2n) is 6.56. The van der Waals surface area contributed by atoms with Crippen molar-refractivity contribution in [2.24, 2.45) is 10.1 Å². The number of aromatic nitrogens is 1. The van der Waals surface area contributed by atoms with Crippen molar-refractivity contribution >= 4 is 17.0 Å². The Morgan fingerprint density at radius 3 is 2.64 bits per heavy atom.